The fraction of sp³-hybridized carbons (Fsp3) is 0.529. The first-order valence-electron chi connectivity index (χ1n) is 14.2. The molecular formula is C34H44O2. The van der Waals surface area contributed by atoms with Crippen LogP contribution in [0.4, 0.5) is 0 Å². The van der Waals surface area contributed by atoms with E-state index in [1.807, 2.05) is 18.2 Å². The summed E-state index contributed by atoms with van der Waals surface area (Å²) in [5.41, 5.74) is 3.50. The first-order valence-corrected chi connectivity index (χ1v) is 14.2. The van der Waals surface area contributed by atoms with Crippen molar-refractivity contribution in [2.24, 2.45) is 29.1 Å². The smallest absolute Gasteiger partial charge is 0.120 e. The average Bonchev–Trinajstić information content (AvgIpc) is 3.10. The fourth-order valence-electron chi connectivity index (χ4n) is 8.63. The zero-order chi connectivity index (χ0) is 25.3. The maximum absolute atomic E-state index is 12.2. The number of rotatable bonds is 9. The number of allylic oxidation sites excluding steroid dienone is 1. The van der Waals surface area contributed by atoms with Crippen LogP contribution in [0.15, 0.2) is 73.8 Å². The number of benzene rings is 2. The van der Waals surface area contributed by atoms with E-state index in [9.17, 15) is 5.11 Å². The molecule has 5 rings (SSSR count). The van der Waals surface area contributed by atoms with Gasteiger partial charge in [-0.15, -0.1) is 13.2 Å². The Labute approximate surface area is 218 Å². The van der Waals surface area contributed by atoms with Crippen LogP contribution in [0, 0.1) is 29.1 Å². The lowest BCUT2D eigenvalue weighted by Gasteiger charge is -2.56. The second-order valence-corrected chi connectivity index (χ2v) is 12.0. The second kappa shape index (κ2) is 10.2. The van der Waals surface area contributed by atoms with Crippen molar-refractivity contribution in [2.45, 2.75) is 83.3 Å². The number of fused-ring (bicyclic) bond motifs is 5. The lowest BCUT2D eigenvalue weighted by Crippen LogP contribution is -2.53. The molecule has 3 aliphatic carbocycles. The monoisotopic (exact) mass is 484 g/mol. The first-order chi connectivity index (χ1) is 17.4. The Hall–Kier alpha value is -2.32. The van der Waals surface area contributed by atoms with Gasteiger partial charge in [0.25, 0.3) is 0 Å². The summed E-state index contributed by atoms with van der Waals surface area (Å²) in [6.07, 6.45) is 12.5. The van der Waals surface area contributed by atoms with Gasteiger partial charge in [-0.3, -0.25) is 0 Å². The van der Waals surface area contributed by atoms with Crippen LogP contribution in [-0.4, -0.2) is 10.7 Å². The van der Waals surface area contributed by atoms with Gasteiger partial charge in [-0.05, 0) is 96.9 Å². The minimum absolute atomic E-state index is 0.0573. The highest BCUT2D eigenvalue weighted by Gasteiger charge is 2.65. The predicted octanol–water partition coefficient (Wildman–Crippen LogP) is 8.26. The van der Waals surface area contributed by atoms with Crippen LogP contribution in [0.5, 0.6) is 5.75 Å². The number of aliphatic hydroxyl groups is 1. The summed E-state index contributed by atoms with van der Waals surface area (Å²) in [6, 6.07) is 17.3. The molecule has 2 heteroatoms. The largest absolute Gasteiger partial charge is 0.489 e. The Morgan fingerprint density at radius 3 is 2.64 bits per heavy atom. The van der Waals surface area contributed by atoms with E-state index >= 15 is 0 Å². The Balaban J connectivity index is 1.45. The van der Waals surface area contributed by atoms with Crippen molar-refractivity contribution in [3.63, 3.8) is 0 Å². The van der Waals surface area contributed by atoms with Crippen LogP contribution < -0.4 is 4.74 Å². The molecule has 3 aliphatic rings. The zero-order valence-corrected chi connectivity index (χ0v) is 22.3. The molecule has 192 valence electrons. The molecule has 0 amide bonds. The molecule has 0 unspecified atom stereocenters. The molecule has 36 heavy (non-hydrogen) atoms. The Bertz CT molecular complexity index is 1070. The Morgan fingerprint density at radius 1 is 1.11 bits per heavy atom. The average molecular weight is 485 g/mol. The number of ether oxygens (including phenoxy) is 1. The third-order valence-corrected chi connectivity index (χ3v) is 10.3. The normalized spacial score (nSPS) is 34.8. The van der Waals surface area contributed by atoms with Crippen LogP contribution in [0.25, 0.3) is 0 Å². The van der Waals surface area contributed by atoms with E-state index in [2.05, 4.69) is 69.5 Å². The van der Waals surface area contributed by atoms with Gasteiger partial charge in [-0.1, -0.05) is 75.2 Å². The van der Waals surface area contributed by atoms with Crippen molar-refractivity contribution < 1.29 is 9.84 Å². The van der Waals surface area contributed by atoms with E-state index in [0.29, 0.717) is 36.7 Å². The summed E-state index contributed by atoms with van der Waals surface area (Å²) in [4.78, 5) is 0. The Morgan fingerprint density at radius 2 is 1.92 bits per heavy atom. The fourth-order valence-corrected chi connectivity index (χ4v) is 8.63. The van der Waals surface area contributed by atoms with Crippen LogP contribution in [0.1, 0.15) is 81.4 Å². The summed E-state index contributed by atoms with van der Waals surface area (Å²) in [5, 5.41) is 12.2. The topological polar surface area (TPSA) is 29.5 Å². The van der Waals surface area contributed by atoms with E-state index in [1.54, 1.807) is 5.56 Å². The molecule has 2 nitrogen and oxygen atoms in total. The minimum Gasteiger partial charge on any atom is -0.489 e. The third kappa shape index (κ3) is 4.16. The molecule has 0 radical (unpaired) electrons. The van der Waals surface area contributed by atoms with E-state index in [-0.39, 0.29) is 11.3 Å². The van der Waals surface area contributed by atoms with Crippen molar-refractivity contribution in [2.75, 3.05) is 0 Å². The molecule has 7 atom stereocenters. The van der Waals surface area contributed by atoms with Gasteiger partial charge in [-0.2, -0.15) is 0 Å². The zero-order valence-electron chi connectivity index (χ0n) is 22.3. The van der Waals surface area contributed by atoms with Gasteiger partial charge < -0.3 is 9.84 Å². The van der Waals surface area contributed by atoms with Crippen molar-refractivity contribution in [1.29, 1.82) is 0 Å². The summed E-state index contributed by atoms with van der Waals surface area (Å²) in [7, 11) is 0. The lowest BCUT2D eigenvalue weighted by atomic mass is 9.50. The van der Waals surface area contributed by atoms with Crippen LogP contribution in [-0.2, 0) is 13.0 Å². The summed E-state index contributed by atoms with van der Waals surface area (Å²) < 4.78 is 6.22. The maximum atomic E-state index is 12.2. The molecule has 0 aliphatic heterocycles. The standard InChI is InChI=1S/C34H44O2/c1-5-11-25-20-26-21-28(36-23-24-13-9-8-10-14-24)15-16-29(26)30-17-19-33(4)31(32(25)30)22-27(12-6-2)34(33,35)18-7-3/h6-10,13-16,21,25,27,30-32,35H,2-3,5,11-12,17-20,22-23H2,1,4H3/t25-,27-,30-,31+,32-,33+,34+/m1/s1. The SMILES string of the molecule is C=CC[C@@H]1C[C@H]2[C@@H]3[C@H](CCC)Cc4cc(OCc5ccccc5)ccc4[C@H]3CC[C@]2(C)[C@]1(O)CC=C. The molecular weight excluding hydrogens is 440 g/mol. The van der Waals surface area contributed by atoms with Crippen molar-refractivity contribution in [3.8, 4) is 5.75 Å². The van der Waals surface area contributed by atoms with Crippen LogP contribution >= 0.6 is 0 Å². The highest BCUT2D eigenvalue weighted by molar-refractivity contribution is 5.42. The maximum Gasteiger partial charge on any atom is 0.120 e. The molecule has 0 aromatic heterocycles. The van der Waals surface area contributed by atoms with Gasteiger partial charge in [-0.25, -0.2) is 0 Å². The van der Waals surface area contributed by atoms with E-state index in [4.69, 9.17) is 4.74 Å². The van der Waals surface area contributed by atoms with Gasteiger partial charge in [0.05, 0.1) is 5.60 Å². The first kappa shape index (κ1) is 25.3. The third-order valence-electron chi connectivity index (χ3n) is 10.3. The molecule has 2 saturated carbocycles. The summed E-state index contributed by atoms with van der Waals surface area (Å²) in [5.74, 6) is 3.70. The van der Waals surface area contributed by atoms with Gasteiger partial charge in [0.15, 0.2) is 0 Å². The lowest BCUT2D eigenvalue weighted by molar-refractivity contribution is -0.124. The van der Waals surface area contributed by atoms with Gasteiger partial charge in [0.1, 0.15) is 12.4 Å². The molecule has 2 aromatic carbocycles. The van der Waals surface area contributed by atoms with Gasteiger partial charge >= 0.3 is 0 Å². The van der Waals surface area contributed by atoms with E-state index < -0.39 is 5.60 Å². The number of hydrogen-bond donors (Lipinski definition) is 1. The molecule has 0 saturated heterocycles. The molecule has 2 fully saturated rings. The van der Waals surface area contributed by atoms with E-state index in [1.165, 1.54) is 24.0 Å². The molecule has 0 spiro atoms. The number of hydrogen-bond acceptors (Lipinski definition) is 2. The molecule has 2 aromatic rings. The van der Waals surface area contributed by atoms with Crippen molar-refractivity contribution in [1.82, 2.24) is 0 Å². The molecule has 0 heterocycles. The van der Waals surface area contributed by atoms with Crippen LogP contribution in [0.3, 0.4) is 0 Å². The second-order valence-electron chi connectivity index (χ2n) is 12.0. The van der Waals surface area contributed by atoms with E-state index in [0.717, 1.165) is 37.9 Å². The van der Waals surface area contributed by atoms with Gasteiger partial charge in [0, 0.05) is 5.41 Å². The summed E-state index contributed by atoms with van der Waals surface area (Å²) in [6.45, 7) is 13.4. The highest BCUT2D eigenvalue weighted by Crippen LogP contribution is 2.68. The minimum atomic E-state index is -0.676. The Kier molecular flexibility index (Phi) is 7.18. The highest BCUT2D eigenvalue weighted by atomic mass is 16.5. The van der Waals surface area contributed by atoms with Crippen molar-refractivity contribution in [3.05, 3.63) is 90.5 Å². The van der Waals surface area contributed by atoms with Crippen LogP contribution in [0.2, 0.25) is 0 Å². The van der Waals surface area contributed by atoms with Crippen molar-refractivity contribution >= 4 is 0 Å². The van der Waals surface area contributed by atoms with Gasteiger partial charge in [0.2, 0.25) is 0 Å². The quantitative estimate of drug-likeness (QED) is 0.363. The summed E-state index contributed by atoms with van der Waals surface area (Å²) >= 11 is 0. The molecule has 1 N–H and O–H groups in total. The molecule has 0 bridgehead atoms. The predicted molar refractivity (Wildman–Crippen MR) is 149 cm³/mol.